The van der Waals surface area contributed by atoms with Gasteiger partial charge in [-0.2, -0.15) is 8.42 Å². The molecule has 6 rings (SSSR count). The van der Waals surface area contributed by atoms with E-state index in [0.29, 0.717) is 19.6 Å². The van der Waals surface area contributed by atoms with Crippen molar-refractivity contribution in [3.05, 3.63) is 81.4 Å². The average Bonchev–Trinajstić information content (AvgIpc) is 2.94. The third-order valence-corrected chi connectivity index (χ3v) is 13.4. The van der Waals surface area contributed by atoms with Gasteiger partial charge in [0.2, 0.25) is 5.36 Å². The first kappa shape index (κ1) is 27.9. The Morgan fingerprint density at radius 3 is 2.56 bits per heavy atom. The Morgan fingerprint density at radius 2 is 1.80 bits per heavy atom. The van der Waals surface area contributed by atoms with Crippen LogP contribution in [0.3, 0.4) is 0 Å². The Kier molecular flexibility index (Phi) is 7.38. The molecule has 3 aliphatic rings. The van der Waals surface area contributed by atoms with Crippen molar-refractivity contribution in [3.63, 3.8) is 0 Å². The highest BCUT2D eigenvalue weighted by molar-refractivity contribution is 7.85. The second-order valence-corrected chi connectivity index (χ2v) is 17.7. The Labute approximate surface area is 242 Å². The Balaban J connectivity index is 1.39. The quantitative estimate of drug-likeness (QED) is 0.142. The van der Waals surface area contributed by atoms with Gasteiger partial charge in [-0.3, -0.25) is 9.35 Å². The van der Waals surface area contributed by atoms with Gasteiger partial charge in [-0.1, -0.05) is 25.2 Å². The van der Waals surface area contributed by atoms with Crippen LogP contribution in [0.4, 0.5) is 5.69 Å². The van der Waals surface area contributed by atoms with Crippen LogP contribution in [0.5, 0.6) is 0 Å². The van der Waals surface area contributed by atoms with Crippen molar-refractivity contribution in [2.45, 2.75) is 56.6 Å². The summed E-state index contributed by atoms with van der Waals surface area (Å²) in [6.07, 6.45) is 7.58. The fourth-order valence-corrected chi connectivity index (χ4v) is 10.4. The number of hydrogen-bond donors (Lipinski definition) is 1. The molecule has 0 spiro atoms. The highest BCUT2D eigenvalue weighted by Crippen LogP contribution is 2.29. The summed E-state index contributed by atoms with van der Waals surface area (Å²) in [6, 6.07) is 16.3. The number of hydrogen-bond acceptors (Lipinski definition) is 5. The van der Waals surface area contributed by atoms with E-state index < -0.39 is 18.2 Å². The molecular weight excluding hydrogens is 553 g/mol. The Hall–Kier alpha value is -3.27. The third-order valence-electron chi connectivity index (χ3n) is 8.94. The third kappa shape index (κ3) is 5.38. The molecule has 0 amide bonds. The van der Waals surface area contributed by atoms with Gasteiger partial charge >= 0.3 is 0 Å². The molecule has 9 heteroatoms. The summed E-state index contributed by atoms with van der Waals surface area (Å²) in [4.78, 5) is 13.0. The van der Waals surface area contributed by atoms with Crippen LogP contribution in [-0.4, -0.2) is 53.8 Å². The molecule has 3 aromatic rings. The van der Waals surface area contributed by atoms with Crippen molar-refractivity contribution < 1.29 is 22.5 Å². The van der Waals surface area contributed by atoms with Gasteiger partial charge in [-0.15, -0.1) is 0 Å². The van der Waals surface area contributed by atoms with Crippen molar-refractivity contribution >= 4 is 46.8 Å². The molecule has 0 unspecified atom stereocenters. The average molecular weight is 590 g/mol. The maximum Gasteiger partial charge on any atom is 0.294 e. The predicted octanol–water partition coefficient (Wildman–Crippen LogP) is 1.85. The monoisotopic (exact) mass is 589 g/mol. The van der Waals surface area contributed by atoms with Gasteiger partial charge in [0.15, 0.2) is 6.54 Å². The van der Waals surface area contributed by atoms with E-state index >= 15 is 0 Å². The normalized spacial score (nSPS) is 17.0. The second-order valence-electron chi connectivity index (χ2n) is 12.0. The largest absolute Gasteiger partial charge is 0.468 e. The van der Waals surface area contributed by atoms with Crippen molar-refractivity contribution in [2.75, 3.05) is 31.1 Å². The molecule has 41 heavy (non-hydrogen) atoms. The maximum absolute atomic E-state index is 11.5. The molecule has 0 saturated heterocycles. The van der Waals surface area contributed by atoms with Crippen LogP contribution in [0.25, 0.3) is 6.08 Å². The predicted molar refractivity (Wildman–Crippen MR) is 164 cm³/mol. The standard InChI is InChI=1S/C32H36N2O5SSi/c1-41(2)31-19-29-24(6-3-12-33(29)14-5-15-39-22-35)16-26(31)18-27-17-25-7-4-13-34(30(25)20-32(27)41)21-23-8-10-28(11-9-23)40(36,37)38/h8-11,16-20,22H,3-7,12-15,21H2,1-2H3/p+1. The summed E-state index contributed by atoms with van der Waals surface area (Å²) in [5.74, 6) is 0. The first-order chi connectivity index (χ1) is 19.6. The SMILES string of the molecule is C[Si]1(C)c2cc3c(cc2C=c2cc4c(cc21)=[N+](Cc1ccc(S(=O)(=O)O)cc1)CCC4)CCCN3CCCOC=O. The molecule has 1 N–H and O–H groups in total. The molecule has 0 saturated carbocycles. The molecule has 214 valence electrons. The number of nitrogens with zero attached hydrogens (tertiary/aromatic N) is 2. The number of anilines is 1. The fraction of sp³-hybridized carbons (Fsp3) is 0.375. The van der Waals surface area contributed by atoms with Gasteiger partial charge in [-0.05, 0) is 88.8 Å². The number of rotatable bonds is 8. The Bertz CT molecular complexity index is 1750. The number of fused-ring (bicyclic) bond motifs is 4. The van der Waals surface area contributed by atoms with E-state index in [2.05, 4.69) is 52.9 Å². The number of ether oxygens (including phenoxy) is 1. The number of carbonyl (C=O) groups is 1. The van der Waals surface area contributed by atoms with E-state index in [1.165, 1.54) is 55.5 Å². The van der Waals surface area contributed by atoms with E-state index in [9.17, 15) is 17.8 Å². The highest BCUT2D eigenvalue weighted by atomic mass is 32.2. The molecule has 3 aliphatic heterocycles. The van der Waals surface area contributed by atoms with Crippen molar-refractivity contribution in [2.24, 2.45) is 0 Å². The smallest absolute Gasteiger partial charge is 0.294 e. The van der Waals surface area contributed by atoms with E-state index in [0.717, 1.165) is 57.3 Å². The molecule has 3 heterocycles. The molecule has 3 aromatic carbocycles. The van der Waals surface area contributed by atoms with E-state index in [1.54, 1.807) is 12.1 Å². The van der Waals surface area contributed by atoms with Crippen LogP contribution < -0.4 is 30.4 Å². The minimum atomic E-state index is -4.20. The zero-order valence-electron chi connectivity index (χ0n) is 23.7. The maximum atomic E-state index is 11.5. The van der Waals surface area contributed by atoms with Gasteiger partial charge in [0.05, 0.1) is 11.5 Å². The molecular formula is C32H37N2O5SSi+. The highest BCUT2D eigenvalue weighted by Gasteiger charge is 2.35. The lowest BCUT2D eigenvalue weighted by Crippen LogP contribution is -2.63. The summed E-state index contributed by atoms with van der Waals surface area (Å²) in [5.41, 5.74) is 6.51. The van der Waals surface area contributed by atoms with Gasteiger partial charge in [0.25, 0.3) is 16.6 Å². The van der Waals surface area contributed by atoms with Crippen molar-refractivity contribution in [3.8, 4) is 0 Å². The van der Waals surface area contributed by atoms with Crippen molar-refractivity contribution in [1.29, 1.82) is 0 Å². The van der Waals surface area contributed by atoms with Gasteiger partial charge < -0.3 is 9.64 Å². The minimum absolute atomic E-state index is 0.0774. The topological polar surface area (TPSA) is 86.9 Å². The molecule has 0 aliphatic carbocycles. The molecule has 7 nitrogen and oxygen atoms in total. The molecule has 0 radical (unpaired) electrons. The van der Waals surface area contributed by atoms with Crippen LogP contribution in [0.15, 0.2) is 53.4 Å². The number of carbonyl (C=O) groups excluding carboxylic acids is 1. The summed E-state index contributed by atoms with van der Waals surface area (Å²) in [6.45, 7) is 9.46. The summed E-state index contributed by atoms with van der Waals surface area (Å²) < 4.78 is 39.7. The summed E-state index contributed by atoms with van der Waals surface area (Å²) in [7, 11) is -6.22. The van der Waals surface area contributed by atoms with Gasteiger partial charge in [0, 0.05) is 42.4 Å². The van der Waals surface area contributed by atoms with Crippen LogP contribution in [-0.2, 0) is 39.0 Å². The number of aryl methyl sites for hydroxylation is 2. The van der Waals surface area contributed by atoms with E-state index in [-0.39, 0.29) is 4.90 Å². The minimum Gasteiger partial charge on any atom is -0.468 e. The Morgan fingerprint density at radius 1 is 1.02 bits per heavy atom. The van der Waals surface area contributed by atoms with Gasteiger partial charge in [0.1, 0.15) is 14.6 Å². The summed E-state index contributed by atoms with van der Waals surface area (Å²) in [5, 5.41) is 5.56. The van der Waals surface area contributed by atoms with Crippen LogP contribution in [0.2, 0.25) is 13.1 Å². The molecule has 0 fully saturated rings. The number of benzene rings is 3. The molecule has 0 bridgehead atoms. The van der Waals surface area contributed by atoms with E-state index in [1.807, 2.05) is 0 Å². The van der Waals surface area contributed by atoms with Gasteiger partial charge in [-0.25, -0.2) is 4.58 Å². The fourth-order valence-electron chi connectivity index (χ4n) is 6.86. The lowest BCUT2D eigenvalue weighted by Gasteiger charge is -2.36. The first-order valence-corrected chi connectivity index (χ1v) is 18.9. The zero-order chi connectivity index (χ0) is 28.8. The van der Waals surface area contributed by atoms with E-state index in [4.69, 9.17) is 4.74 Å². The zero-order valence-corrected chi connectivity index (χ0v) is 25.5. The van der Waals surface area contributed by atoms with Crippen LogP contribution >= 0.6 is 0 Å². The molecule has 0 aromatic heterocycles. The lowest BCUT2D eigenvalue weighted by molar-refractivity contribution is -0.128. The van der Waals surface area contributed by atoms with Crippen molar-refractivity contribution in [1.82, 2.24) is 4.58 Å². The molecule has 0 atom stereocenters. The first-order valence-electron chi connectivity index (χ1n) is 14.5. The van der Waals surface area contributed by atoms with Crippen LogP contribution in [0.1, 0.15) is 41.5 Å². The van der Waals surface area contributed by atoms with Crippen LogP contribution in [0, 0.1) is 0 Å². The lowest BCUT2D eigenvalue weighted by atomic mass is 9.97. The summed E-state index contributed by atoms with van der Waals surface area (Å²) >= 11 is 0. The second kappa shape index (κ2) is 10.9.